The van der Waals surface area contributed by atoms with Gasteiger partial charge < -0.3 is 9.47 Å². The fraction of sp³-hybridized carbons (Fsp3) is 0.500. The minimum absolute atomic E-state index is 0.157. The summed E-state index contributed by atoms with van der Waals surface area (Å²) in [7, 11) is 0. The molecule has 0 radical (unpaired) electrons. The SMILES string of the molecule is C=C(C)CCOC(=O)C(=O)OCCC(=C)C. The van der Waals surface area contributed by atoms with E-state index in [2.05, 4.69) is 22.6 Å². The molecular weight excluding hydrogens is 208 g/mol. The zero-order valence-corrected chi connectivity index (χ0v) is 9.88. The second-order valence-corrected chi connectivity index (χ2v) is 3.69. The van der Waals surface area contributed by atoms with E-state index in [0.29, 0.717) is 12.8 Å². The molecule has 0 unspecified atom stereocenters. The average molecular weight is 226 g/mol. The van der Waals surface area contributed by atoms with Crippen LogP contribution < -0.4 is 0 Å². The summed E-state index contributed by atoms with van der Waals surface area (Å²) >= 11 is 0. The molecule has 0 saturated heterocycles. The number of hydrogen-bond donors (Lipinski definition) is 0. The molecule has 0 heterocycles. The van der Waals surface area contributed by atoms with Gasteiger partial charge in [0.25, 0.3) is 0 Å². The maximum atomic E-state index is 11.1. The number of carbonyl (C=O) groups is 2. The zero-order valence-electron chi connectivity index (χ0n) is 9.88. The number of ether oxygens (including phenoxy) is 2. The molecule has 0 atom stereocenters. The summed E-state index contributed by atoms with van der Waals surface area (Å²) in [5.41, 5.74) is 1.78. The van der Waals surface area contributed by atoms with Crippen LogP contribution in [0.2, 0.25) is 0 Å². The van der Waals surface area contributed by atoms with E-state index in [1.165, 1.54) is 0 Å². The lowest BCUT2D eigenvalue weighted by Crippen LogP contribution is -2.21. The van der Waals surface area contributed by atoms with Gasteiger partial charge in [0.05, 0.1) is 13.2 Å². The number of esters is 2. The van der Waals surface area contributed by atoms with Gasteiger partial charge in [-0.1, -0.05) is 11.1 Å². The lowest BCUT2D eigenvalue weighted by Gasteiger charge is -2.05. The van der Waals surface area contributed by atoms with E-state index in [4.69, 9.17) is 0 Å². The molecule has 0 fully saturated rings. The van der Waals surface area contributed by atoms with Gasteiger partial charge in [0.2, 0.25) is 0 Å². The van der Waals surface area contributed by atoms with Gasteiger partial charge in [-0.3, -0.25) is 0 Å². The quantitative estimate of drug-likeness (QED) is 0.395. The van der Waals surface area contributed by atoms with E-state index in [9.17, 15) is 9.59 Å². The Morgan fingerprint density at radius 3 is 1.44 bits per heavy atom. The first-order chi connectivity index (χ1) is 7.43. The van der Waals surface area contributed by atoms with Crippen molar-refractivity contribution in [3.05, 3.63) is 24.3 Å². The van der Waals surface area contributed by atoms with Crippen molar-refractivity contribution < 1.29 is 19.1 Å². The van der Waals surface area contributed by atoms with Crippen molar-refractivity contribution in [1.29, 1.82) is 0 Å². The summed E-state index contributed by atoms with van der Waals surface area (Å²) in [5.74, 6) is -1.91. The maximum absolute atomic E-state index is 11.1. The Kier molecular flexibility index (Phi) is 6.92. The van der Waals surface area contributed by atoms with E-state index >= 15 is 0 Å². The Bertz CT molecular complexity index is 261. The van der Waals surface area contributed by atoms with Crippen LogP contribution in [0.4, 0.5) is 0 Å². The Morgan fingerprint density at radius 1 is 0.875 bits per heavy atom. The van der Waals surface area contributed by atoms with Crippen LogP contribution in [0.3, 0.4) is 0 Å². The monoisotopic (exact) mass is 226 g/mol. The smallest absolute Gasteiger partial charge is 0.417 e. The Balaban J connectivity index is 3.69. The number of hydrogen-bond acceptors (Lipinski definition) is 4. The highest BCUT2D eigenvalue weighted by Gasteiger charge is 2.16. The van der Waals surface area contributed by atoms with Crippen LogP contribution in [0.15, 0.2) is 24.3 Å². The maximum Gasteiger partial charge on any atom is 0.417 e. The third kappa shape index (κ3) is 7.79. The normalized spacial score (nSPS) is 9.38. The molecule has 0 bridgehead atoms. The minimum atomic E-state index is -0.956. The molecule has 0 aromatic carbocycles. The lowest BCUT2D eigenvalue weighted by atomic mass is 10.3. The fourth-order valence-corrected chi connectivity index (χ4v) is 0.754. The van der Waals surface area contributed by atoms with Gasteiger partial charge in [-0.2, -0.15) is 0 Å². The molecule has 4 nitrogen and oxygen atoms in total. The predicted molar refractivity (Wildman–Crippen MR) is 60.8 cm³/mol. The van der Waals surface area contributed by atoms with E-state index < -0.39 is 11.9 Å². The molecular formula is C12H18O4. The summed E-state index contributed by atoms with van der Waals surface area (Å²) in [5, 5.41) is 0. The largest absolute Gasteiger partial charge is 0.457 e. The van der Waals surface area contributed by atoms with Crippen molar-refractivity contribution in [3.8, 4) is 0 Å². The molecule has 4 heteroatoms. The summed E-state index contributed by atoms with van der Waals surface area (Å²) in [4.78, 5) is 22.1. The van der Waals surface area contributed by atoms with Gasteiger partial charge >= 0.3 is 11.9 Å². The standard InChI is InChI=1S/C12H18O4/c1-9(2)5-7-15-11(13)12(14)16-8-6-10(3)4/h1,3,5-8H2,2,4H3. The van der Waals surface area contributed by atoms with Gasteiger partial charge in [-0.05, 0) is 13.8 Å². The van der Waals surface area contributed by atoms with Crippen molar-refractivity contribution in [2.24, 2.45) is 0 Å². The van der Waals surface area contributed by atoms with Gasteiger partial charge in [-0.15, -0.1) is 13.2 Å². The summed E-state index contributed by atoms with van der Waals surface area (Å²) < 4.78 is 9.35. The van der Waals surface area contributed by atoms with E-state index in [0.717, 1.165) is 11.1 Å². The zero-order chi connectivity index (χ0) is 12.6. The highest BCUT2D eigenvalue weighted by molar-refractivity contribution is 6.29. The van der Waals surface area contributed by atoms with Crippen LogP contribution in [-0.4, -0.2) is 25.2 Å². The first-order valence-electron chi connectivity index (χ1n) is 5.06. The lowest BCUT2D eigenvalue weighted by molar-refractivity contribution is -0.167. The molecule has 0 aliphatic carbocycles. The van der Waals surface area contributed by atoms with Crippen molar-refractivity contribution in [2.75, 3.05) is 13.2 Å². The van der Waals surface area contributed by atoms with E-state index in [-0.39, 0.29) is 13.2 Å². The van der Waals surface area contributed by atoms with Crippen LogP contribution in [-0.2, 0) is 19.1 Å². The van der Waals surface area contributed by atoms with E-state index in [1.54, 1.807) is 0 Å². The fourth-order valence-electron chi connectivity index (χ4n) is 0.754. The second-order valence-electron chi connectivity index (χ2n) is 3.69. The van der Waals surface area contributed by atoms with E-state index in [1.807, 2.05) is 13.8 Å². The van der Waals surface area contributed by atoms with Crippen LogP contribution in [0.25, 0.3) is 0 Å². The van der Waals surface area contributed by atoms with Crippen molar-refractivity contribution >= 4 is 11.9 Å². The minimum Gasteiger partial charge on any atom is -0.457 e. The van der Waals surface area contributed by atoms with Crippen molar-refractivity contribution in [1.82, 2.24) is 0 Å². The molecule has 0 aliphatic rings. The Morgan fingerprint density at radius 2 is 1.19 bits per heavy atom. The third-order valence-corrected chi connectivity index (χ3v) is 1.69. The highest BCUT2D eigenvalue weighted by Crippen LogP contribution is 1.98. The van der Waals surface area contributed by atoms with Crippen LogP contribution in [0.5, 0.6) is 0 Å². The predicted octanol–water partition coefficient (Wildman–Crippen LogP) is 2.01. The molecule has 0 saturated carbocycles. The van der Waals surface area contributed by atoms with Crippen LogP contribution >= 0.6 is 0 Å². The number of rotatable bonds is 6. The molecule has 16 heavy (non-hydrogen) atoms. The molecule has 0 aromatic rings. The molecule has 0 spiro atoms. The van der Waals surface area contributed by atoms with Gasteiger partial charge in [0, 0.05) is 12.8 Å². The van der Waals surface area contributed by atoms with Crippen LogP contribution in [0.1, 0.15) is 26.7 Å². The van der Waals surface area contributed by atoms with Crippen molar-refractivity contribution in [3.63, 3.8) is 0 Å². The molecule has 90 valence electrons. The Hall–Kier alpha value is -1.58. The molecule has 0 rings (SSSR count). The first-order valence-corrected chi connectivity index (χ1v) is 5.06. The average Bonchev–Trinajstić information content (AvgIpc) is 2.16. The van der Waals surface area contributed by atoms with Gasteiger partial charge in [0.1, 0.15) is 0 Å². The van der Waals surface area contributed by atoms with Gasteiger partial charge in [0.15, 0.2) is 0 Å². The molecule has 0 aliphatic heterocycles. The van der Waals surface area contributed by atoms with Crippen LogP contribution in [0, 0.1) is 0 Å². The first kappa shape index (κ1) is 14.4. The third-order valence-electron chi connectivity index (χ3n) is 1.69. The second kappa shape index (κ2) is 7.68. The highest BCUT2D eigenvalue weighted by atomic mass is 16.6. The summed E-state index contributed by atoms with van der Waals surface area (Å²) in [6.07, 6.45) is 1.09. The summed E-state index contributed by atoms with van der Waals surface area (Å²) in [6, 6.07) is 0. The summed E-state index contributed by atoms with van der Waals surface area (Å²) in [6.45, 7) is 11.2. The molecule has 0 N–H and O–H groups in total. The van der Waals surface area contributed by atoms with Gasteiger partial charge in [-0.25, -0.2) is 9.59 Å². The Labute approximate surface area is 95.9 Å². The topological polar surface area (TPSA) is 52.6 Å². The number of carbonyl (C=O) groups excluding carboxylic acids is 2. The molecule has 0 aromatic heterocycles. The molecule has 0 amide bonds. The van der Waals surface area contributed by atoms with Crippen molar-refractivity contribution in [2.45, 2.75) is 26.7 Å².